The molecular formula is C17H36N2. The summed E-state index contributed by atoms with van der Waals surface area (Å²) in [4.78, 5) is 2.68. The average molecular weight is 268 g/mol. The second-order valence-electron chi connectivity index (χ2n) is 6.63. The molecule has 114 valence electrons. The van der Waals surface area contributed by atoms with E-state index in [4.69, 9.17) is 5.73 Å². The quantitative estimate of drug-likeness (QED) is 0.673. The molecule has 0 unspecified atom stereocenters. The van der Waals surface area contributed by atoms with E-state index in [1.165, 1.54) is 71.0 Å². The summed E-state index contributed by atoms with van der Waals surface area (Å²) in [6.45, 7) is 11.5. The molecule has 0 saturated heterocycles. The van der Waals surface area contributed by atoms with Crippen LogP contribution in [-0.2, 0) is 0 Å². The fourth-order valence-electron chi connectivity index (χ4n) is 3.60. The Hall–Kier alpha value is -0.0800. The van der Waals surface area contributed by atoms with E-state index in [1.807, 2.05) is 0 Å². The van der Waals surface area contributed by atoms with Gasteiger partial charge in [-0.15, -0.1) is 0 Å². The monoisotopic (exact) mass is 268 g/mol. The summed E-state index contributed by atoms with van der Waals surface area (Å²) in [6, 6.07) is 0. The Balaban J connectivity index is 2.59. The molecular weight excluding hydrogens is 232 g/mol. The van der Waals surface area contributed by atoms with Gasteiger partial charge in [0.05, 0.1) is 0 Å². The van der Waals surface area contributed by atoms with Crippen LogP contribution in [0.1, 0.15) is 72.1 Å². The van der Waals surface area contributed by atoms with Crippen LogP contribution in [0.15, 0.2) is 0 Å². The van der Waals surface area contributed by atoms with Crippen LogP contribution in [0.25, 0.3) is 0 Å². The van der Waals surface area contributed by atoms with Crippen LogP contribution in [0.3, 0.4) is 0 Å². The molecule has 0 heterocycles. The molecule has 0 amide bonds. The molecule has 0 aromatic heterocycles. The molecule has 0 spiro atoms. The lowest BCUT2D eigenvalue weighted by molar-refractivity contribution is 0.123. The van der Waals surface area contributed by atoms with E-state index in [1.54, 1.807) is 0 Å². The Kier molecular flexibility index (Phi) is 8.01. The number of hydrogen-bond donors (Lipinski definition) is 1. The number of hydrogen-bond acceptors (Lipinski definition) is 2. The summed E-state index contributed by atoms with van der Waals surface area (Å²) in [5.41, 5.74) is 6.60. The van der Waals surface area contributed by atoms with Gasteiger partial charge in [-0.25, -0.2) is 0 Å². The molecule has 0 aromatic carbocycles. The van der Waals surface area contributed by atoms with Crippen LogP contribution >= 0.6 is 0 Å². The minimum absolute atomic E-state index is 0.415. The molecule has 1 rings (SSSR count). The minimum Gasteiger partial charge on any atom is -0.330 e. The van der Waals surface area contributed by atoms with E-state index in [9.17, 15) is 0 Å². The molecule has 1 fully saturated rings. The molecule has 0 aromatic rings. The highest BCUT2D eigenvalue weighted by molar-refractivity contribution is 4.86. The molecule has 0 atom stereocenters. The van der Waals surface area contributed by atoms with Crippen LogP contribution in [0.4, 0.5) is 0 Å². The van der Waals surface area contributed by atoms with Gasteiger partial charge < -0.3 is 10.6 Å². The first kappa shape index (κ1) is 17.0. The molecule has 2 nitrogen and oxygen atoms in total. The lowest BCUT2D eigenvalue weighted by atomic mass is 9.79. The second-order valence-corrected chi connectivity index (χ2v) is 6.63. The van der Waals surface area contributed by atoms with Crippen molar-refractivity contribution in [2.24, 2.45) is 17.1 Å². The van der Waals surface area contributed by atoms with E-state index in [0.717, 1.165) is 12.5 Å². The van der Waals surface area contributed by atoms with Crippen LogP contribution in [-0.4, -0.2) is 31.1 Å². The van der Waals surface area contributed by atoms with Crippen LogP contribution in [0, 0.1) is 11.3 Å². The van der Waals surface area contributed by atoms with E-state index < -0.39 is 0 Å². The normalized spacial score (nSPS) is 19.9. The fraction of sp³-hybridized carbons (Fsp3) is 1.00. The van der Waals surface area contributed by atoms with Crippen molar-refractivity contribution in [2.75, 3.05) is 26.2 Å². The Morgan fingerprint density at radius 2 is 1.58 bits per heavy atom. The van der Waals surface area contributed by atoms with Gasteiger partial charge in [0.1, 0.15) is 0 Å². The zero-order valence-corrected chi connectivity index (χ0v) is 13.6. The smallest absolute Gasteiger partial charge is 0.00501 e. The first-order valence-electron chi connectivity index (χ1n) is 8.62. The van der Waals surface area contributed by atoms with E-state index >= 15 is 0 Å². The van der Waals surface area contributed by atoms with Crippen molar-refractivity contribution in [1.29, 1.82) is 0 Å². The van der Waals surface area contributed by atoms with Gasteiger partial charge in [0.2, 0.25) is 0 Å². The molecule has 0 aliphatic heterocycles. The highest BCUT2D eigenvalue weighted by Crippen LogP contribution is 2.35. The van der Waals surface area contributed by atoms with Gasteiger partial charge in [0.15, 0.2) is 0 Å². The Labute approximate surface area is 121 Å². The lowest BCUT2D eigenvalue weighted by Gasteiger charge is -2.38. The van der Waals surface area contributed by atoms with Crippen molar-refractivity contribution in [3.63, 3.8) is 0 Å². The van der Waals surface area contributed by atoms with E-state index in [0.29, 0.717) is 5.41 Å². The van der Waals surface area contributed by atoms with E-state index in [-0.39, 0.29) is 0 Å². The predicted octanol–water partition coefficient (Wildman–Crippen LogP) is 4.04. The maximum atomic E-state index is 6.18. The SMILES string of the molecule is CCC(CC)CN(CC)CC1(CN)CCCCCC1. The highest BCUT2D eigenvalue weighted by Gasteiger charge is 2.31. The van der Waals surface area contributed by atoms with Gasteiger partial charge in [0.25, 0.3) is 0 Å². The van der Waals surface area contributed by atoms with Crippen molar-refractivity contribution < 1.29 is 0 Å². The molecule has 1 aliphatic rings. The molecule has 2 heteroatoms. The van der Waals surface area contributed by atoms with Crippen molar-refractivity contribution in [3.8, 4) is 0 Å². The summed E-state index contributed by atoms with van der Waals surface area (Å²) in [6.07, 6.45) is 10.9. The van der Waals surface area contributed by atoms with Crippen molar-refractivity contribution >= 4 is 0 Å². The zero-order valence-electron chi connectivity index (χ0n) is 13.6. The van der Waals surface area contributed by atoms with Gasteiger partial charge in [-0.1, -0.05) is 59.3 Å². The minimum atomic E-state index is 0.415. The molecule has 19 heavy (non-hydrogen) atoms. The summed E-state index contributed by atoms with van der Waals surface area (Å²) < 4.78 is 0. The number of nitrogens with two attached hydrogens (primary N) is 1. The number of rotatable bonds is 8. The third-order valence-electron chi connectivity index (χ3n) is 5.27. The van der Waals surface area contributed by atoms with Gasteiger partial charge in [-0.2, -0.15) is 0 Å². The highest BCUT2D eigenvalue weighted by atomic mass is 15.1. The maximum Gasteiger partial charge on any atom is 0.00501 e. The number of nitrogens with zero attached hydrogens (tertiary/aromatic N) is 1. The fourth-order valence-corrected chi connectivity index (χ4v) is 3.60. The van der Waals surface area contributed by atoms with Crippen LogP contribution in [0.2, 0.25) is 0 Å². The lowest BCUT2D eigenvalue weighted by Crippen LogP contribution is -2.44. The first-order valence-corrected chi connectivity index (χ1v) is 8.62. The van der Waals surface area contributed by atoms with Gasteiger partial charge >= 0.3 is 0 Å². The van der Waals surface area contributed by atoms with Crippen LogP contribution in [0.5, 0.6) is 0 Å². The molecule has 0 bridgehead atoms. The van der Waals surface area contributed by atoms with Crippen molar-refractivity contribution in [1.82, 2.24) is 4.90 Å². The standard InChI is InChI=1S/C17H36N2/c1-4-16(5-2)13-19(6-3)15-17(14-18)11-9-7-8-10-12-17/h16H,4-15,18H2,1-3H3. The third-order valence-corrected chi connectivity index (χ3v) is 5.27. The molecule has 1 aliphatic carbocycles. The third kappa shape index (κ3) is 5.43. The molecule has 1 saturated carbocycles. The predicted molar refractivity (Wildman–Crippen MR) is 85.4 cm³/mol. The zero-order chi connectivity index (χ0) is 14.1. The Morgan fingerprint density at radius 1 is 1.00 bits per heavy atom. The molecule has 0 radical (unpaired) electrons. The van der Waals surface area contributed by atoms with E-state index in [2.05, 4.69) is 25.7 Å². The summed E-state index contributed by atoms with van der Waals surface area (Å²) >= 11 is 0. The second kappa shape index (κ2) is 8.97. The summed E-state index contributed by atoms with van der Waals surface area (Å²) in [5, 5.41) is 0. The average Bonchev–Trinajstić information content (AvgIpc) is 2.69. The van der Waals surface area contributed by atoms with Gasteiger partial charge in [-0.3, -0.25) is 0 Å². The van der Waals surface area contributed by atoms with Crippen molar-refractivity contribution in [2.45, 2.75) is 72.1 Å². The Bertz CT molecular complexity index is 215. The Morgan fingerprint density at radius 3 is 2.00 bits per heavy atom. The van der Waals surface area contributed by atoms with Gasteiger partial charge in [-0.05, 0) is 37.3 Å². The topological polar surface area (TPSA) is 29.3 Å². The van der Waals surface area contributed by atoms with Crippen LogP contribution < -0.4 is 5.73 Å². The largest absolute Gasteiger partial charge is 0.330 e. The first-order chi connectivity index (χ1) is 9.19. The van der Waals surface area contributed by atoms with Crippen molar-refractivity contribution in [3.05, 3.63) is 0 Å². The van der Waals surface area contributed by atoms with Gasteiger partial charge in [0, 0.05) is 13.1 Å². The molecule has 2 N–H and O–H groups in total. The maximum absolute atomic E-state index is 6.18. The summed E-state index contributed by atoms with van der Waals surface area (Å²) in [7, 11) is 0. The summed E-state index contributed by atoms with van der Waals surface area (Å²) in [5.74, 6) is 0.862.